The average Bonchev–Trinajstić information content (AvgIpc) is 3.35. The van der Waals surface area contributed by atoms with Crippen LogP contribution >= 0.6 is 0 Å². The summed E-state index contributed by atoms with van der Waals surface area (Å²) >= 11 is 0. The van der Waals surface area contributed by atoms with E-state index in [2.05, 4.69) is 23.6 Å². The molecule has 2 aliphatic carbocycles. The maximum Gasteiger partial charge on any atom is 0.318 e. The number of imidazole rings is 1. The summed E-state index contributed by atoms with van der Waals surface area (Å²) in [7, 11) is 0. The summed E-state index contributed by atoms with van der Waals surface area (Å²) in [6, 6.07) is 6.23. The van der Waals surface area contributed by atoms with E-state index in [-0.39, 0.29) is 5.97 Å². The fourth-order valence-corrected chi connectivity index (χ4v) is 5.03. The highest BCUT2D eigenvalue weighted by Crippen LogP contribution is 2.42. The van der Waals surface area contributed by atoms with Gasteiger partial charge in [-0.2, -0.15) is 0 Å². The zero-order valence-corrected chi connectivity index (χ0v) is 18.6. The average molecular weight is 419 g/mol. The number of rotatable bonds is 6. The van der Waals surface area contributed by atoms with Crippen molar-refractivity contribution in [3.8, 4) is 0 Å². The van der Waals surface area contributed by atoms with Gasteiger partial charge in [-0.3, -0.25) is 9.78 Å². The quantitative estimate of drug-likeness (QED) is 0.541. The zero-order chi connectivity index (χ0) is 21.6. The van der Waals surface area contributed by atoms with Crippen LogP contribution in [0, 0.1) is 13.8 Å². The van der Waals surface area contributed by atoms with Gasteiger partial charge >= 0.3 is 5.97 Å². The van der Waals surface area contributed by atoms with Gasteiger partial charge in [-0.15, -0.1) is 0 Å². The lowest BCUT2D eigenvalue weighted by Gasteiger charge is -2.26. The standard InChI is InChI=1S/C25H30N4O2/c1-4-31-24(30)25(11-5-6-12-25)20-10-7-18(14-26-20)15-29-22(19-8-9-19)28-21-16(2)13-17(3)27-23(21)29/h7,10,13-14,19H,4-6,8-9,11-12,15H2,1-3H3. The van der Waals surface area contributed by atoms with Gasteiger partial charge in [0.2, 0.25) is 0 Å². The van der Waals surface area contributed by atoms with E-state index in [9.17, 15) is 4.79 Å². The highest BCUT2D eigenvalue weighted by Gasteiger charge is 2.45. The number of ether oxygens (including phenoxy) is 1. The van der Waals surface area contributed by atoms with E-state index in [1.54, 1.807) is 0 Å². The van der Waals surface area contributed by atoms with Gasteiger partial charge in [0.05, 0.1) is 18.8 Å². The summed E-state index contributed by atoms with van der Waals surface area (Å²) in [5.41, 5.74) is 5.52. The first-order valence-electron chi connectivity index (χ1n) is 11.5. The normalized spacial score (nSPS) is 17.9. The Hall–Kier alpha value is -2.76. The van der Waals surface area contributed by atoms with Crippen LogP contribution in [0.1, 0.15) is 79.7 Å². The second-order valence-electron chi connectivity index (χ2n) is 9.14. The molecule has 0 bridgehead atoms. The van der Waals surface area contributed by atoms with Crippen LogP contribution in [0.4, 0.5) is 0 Å². The molecule has 6 nitrogen and oxygen atoms in total. The van der Waals surface area contributed by atoms with E-state index in [1.807, 2.05) is 26.1 Å². The van der Waals surface area contributed by atoms with E-state index in [4.69, 9.17) is 19.7 Å². The van der Waals surface area contributed by atoms with Crippen LogP contribution in [0.3, 0.4) is 0 Å². The molecule has 31 heavy (non-hydrogen) atoms. The number of carbonyl (C=O) groups is 1. The predicted octanol–water partition coefficient (Wildman–Crippen LogP) is 4.74. The third kappa shape index (κ3) is 3.52. The molecule has 2 saturated carbocycles. The summed E-state index contributed by atoms with van der Waals surface area (Å²) in [6.07, 6.45) is 8.02. The summed E-state index contributed by atoms with van der Waals surface area (Å²) in [4.78, 5) is 27.3. The van der Waals surface area contributed by atoms with Crippen molar-refractivity contribution in [2.45, 2.75) is 77.2 Å². The van der Waals surface area contributed by atoms with Gasteiger partial charge < -0.3 is 9.30 Å². The Labute approximate surface area is 183 Å². The van der Waals surface area contributed by atoms with Gasteiger partial charge in [0, 0.05) is 17.8 Å². The van der Waals surface area contributed by atoms with Gasteiger partial charge in [0.1, 0.15) is 16.8 Å². The number of fused-ring (bicyclic) bond motifs is 1. The molecule has 0 aromatic carbocycles. The van der Waals surface area contributed by atoms with Crippen molar-refractivity contribution in [3.05, 3.63) is 52.7 Å². The minimum atomic E-state index is -0.578. The molecule has 2 fully saturated rings. The molecule has 3 aromatic heterocycles. The third-order valence-electron chi connectivity index (χ3n) is 6.77. The molecule has 0 aliphatic heterocycles. The number of esters is 1. The van der Waals surface area contributed by atoms with Gasteiger partial charge in [0.15, 0.2) is 5.65 Å². The highest BCUT2D eigenvalue weighted by atomic mass is 16.5. The summed E-state index contributed by atoms with van der Waals surface area (Å²) in [6.45, 7) is 7.10. The largest absolute Gasteiger partial charge is 0.465 e. The summed E-state index contributed by atoms with van der Waals surface area (Å²) in [5.74, 6) is 1.55. The van der Waals surface area contributed by atoms with Crippen molar-refractivity contribution >= 4 is 17.1 Å². The summed E-state index contributed by atoms with van der Waals surface area (Å²) in [5, 5.41) is 0. The zero-order valence-electron chi connectivity index (χ0n) is 18.6. The second-order valence-corrected chi connectivity index (χ2v) is 9.14. The van der Waals surface area contributed by atoms with Gasteiger partial charge in [-0.25, -0.2) is 9.97 Å². The van der Waals surface area contributed by atoms with Crippen molar-refractivity contribution in [2.75, 3.05) is 6.61 Å². The number of hydrogen-bond acceptors (Lipinski definition) is 5. The van der Waals surface area contributed by atoms with Crippen molar-refractivity contribution in [1.82, 2.24) is 19.5 Å². The molecule has 162 valence electrons. The first-order chi connectivity index (χ1) is 15.0. The number of aryl methyl sites for hydroxylation is 2. The number of nitrogens with zero attached hydrogens (tertiary/aromatic N) is 4. The molecule has 0 N–H and O–H groups in total. The Kier molecular flexibility index (Phi) is 5.03. The molecule has 0 saturated heterocycles. The first-order valence-corrected chi connectivity index (χ1v) is 11.5. The Bertz CT molecular complexity index is 1120. The molecule has 0 unspecified atom stereocenters. The molecule has 0 radical (unpaired) electrons. The fraction of sp³-hybridized carbons (Fsp3) is 0.520. The van der Waals surface area contributed by atoms with E-state index in [1.165, 1.54) is 18.4 Å². The Morgan fingerprint density at radius 2 is 1.97 bits per heavy atom. The smallest absolute Gasteiger partial charge is 0.318 e. The van der Waals surface area contributed by atoms with Gasteiger partial charge in [0.25, 0.3) is 0 Å². The lowest BCUT2D eigenvalue weighted by molar-refractivity contribution is -0.150. The molecule has 6 heteroatoms. The number of aromatic nitrogens is 4. The predicted molar refractivity (Wildman–Crippen MR) is 119 cm³/mol. The van der Waals surface area contributed by atoms with Crippen LogP contribution in [0.5, 0.6) is 0 Å². The second kappa shape index (κ2) is 7.74. The van der Waals surface area contributed by atoms with E-state index in [0.717, 1.165) is 59.6 Å². The molecule has 2 aliphatic rings. The summed E-state index contributed by atoms with van der Waals surface area (Å²) < 4.78 is 7.68. The molecule has 0 atom stereocenters. The Balaban J connectivity index is 1.48. The van der Waals surface area contributed by atoms with Crippen molar-refractivity contribution in [1.29, 1.82) is 0 Å². The maximum atomic E-state index is 12.8. The van der Waals surface area contributed by atoms with Crippen LogP contribution in [0.2, 0.25) is 0 Å². The number of hydrogen-bond donors (Lipinski definition) is 0. The fourth-order valence-electron chi connectivity index (χ4n) is 5.03. The Morgan fingerprint density at radius 1 is 1.19 bits per heavy atom. The number of pyridine rings is 2. The Morgan fingerprint density at radius 3 is 2.61 bits per heavy atom. The van der Waals surface area contributed by atoms with E-state index in [0.29, 0.717) is 19.1 Å². The highest BCUT2D eigenvalue weighted by molar-refractivity contribution is 5.83. The molecule has 0 spiro atoms. The van der Waals surface area contributed by atoms with E-state index < -0.39 is 5.41 Å². The van der Waals surface area contributed by atoms with Crippen LogP contribution in [-0.2, 0) is 21.5 Å². The van der Waals surface area contributed by atoms with Crippen LogP contribution in [0.25, 0.3) is 11.2 Å². The molecule has 3 heterocycles. The molecule has 0 amide bonds. The minimum Gasteiger partial charge on any atom is -0.465 e. The SMILES string of the molecule is CCOC(=O)C1(c2ccc(Cn3c(C4CC4)nc4c(C)cc(C)nc43)cn2)CCCC1. The first kappa shape index (κ1) is 20.2. The number of carbonyl (C=O) groups excluding carboxylic acids is 1. The molecular weight excluding hydrogens is 388 g/mol. The van der Waals surface area contributed by atoms with Crippen molar-refractivity contribution in [3.63, 3.8) is 0 Å². The molecule has 5 rings (SSSR count). The third-order valence-corrected chi connectivity index (χ3v) is 6.77. The van der Waals surface area contributed by atoms with Gasteiger partial charge in [-0.05, 0) is 69.7 Å². The lowest BCUT2D eigenvalue weighted by Crippen LogP contribution is -2.35. The van der Waals surface area contributed by atoms with Gasteiger partial charge in [-0.1, -0.05) is 18.9 Å². The van der Waals surface area contributed by atoms with Crippen LogP contribution in [-0.4, -0.2) is 32.1 Å². The van der Waals surface area contributed by atoms with Crippen molar-refractivity contribution < 1.29 is 9.53 Å². The van der Waals surface area contributed by atoms with E-state index >= 15 is 0 Å². The van der Waals surface area contributed by atoms with Crippen LogP contribution in [0.15, 0.2) is 24.4 Å². The maximum absolute atomic E-state index is 12.8. The topological polar surface area (TPSA) is 69.9 Å². The molecule has 3 aromatic rings. The molecular formula is C25H30N4O2. The monoisotopic (exact) mass is 418 g/mol. The minimum absolute atomic E-state index is 0.125. The van der Waals surface area contributed by atoms with Crippen LogP contribution < -0.4 is 0 Å². The van der Waals surface area contributed by atoms with Crippen molar-refractivity contribution in [2.24, 2.45) is 0 Å². The lowest BCUT2D eigenvalue weighted by atomic mass is 9.82.